The van der Waals surface area contributed by atoms with Crippen LogP contribution >= 0.6 is 0 Å². The Morgan fingerprint density at radius 1 is 1.11 bits per heavy atom. The van der Waals surface area contributed by atoms with Crippen LogP contribution in [0, 0.1) is 17.0 Å². The van der Waals surface area contributed by atoms with Crippen LogP contribution < -0.4 is 15.5 Å². The molecule has 1 saturated heterocycles. The van der Waals surface area contributed by atoms with E-state index in [9.17, 15) is 14.9 Å². The molecule has 1 amide bonds. The van der Waals surface area contributed by atoms with Gasteiger partial charge in [-0.1, -0.05) is 18.2 Å². The lowest BCUT2D eigenvalue weighted by Crippen LogP contribution is -2.38. The fourth-order valence-electron chi connectivity index (χ4n) is 5.52. The Balaban J connectivity index is 1.19. The normalized spacial score (nSPS) is 13.3. The molecule has 6 rings (SSSR count). The third kappa shape index (κ3) is 5.95. The van der Waals surface area contributed by atoms with Gasteiger partial charge in [-0.25, -0.2) is 19.5 Å². The molecule has 0 atom stereocenters. The van der Waals surface area contributed by atoms with E-state index in [0.717, 1.165) is 33.5 Å². The average molecular weight is 596 g/mol. The minimum Gasteiger partial charge on any atom is -0.378 e. The van der Waals surface area contributed by atoms with Crippen molar-refractivity contribution in [3.63, 3.8) is 0 Å². The van der Waals surface area contributed by atoms with Gasteiger partial charge >= 0.3 is 5.82 Å². The van der Waals surface area contributed by atoms with Crippen molar-refractivity contribution in [1.29, 1.82) is 0 Å². The van der Waals surface area contributed by atoms with Crippen LogP contribution in [-0.4, -0.2) is 67.8 Å². The van der Waals surface area contributed by atoms with E-state index in [1.54, 1.807) is 23.8 Å². The maximum atomic E-state index is 13.3. The molecular weight excluding hydrogens is 562 g/mol. The summed E-state index contributed by atoms with van der Waals surface area (Å²) < 4.78 is 9.18. The van der Waals surface area contributed by atoms with E-state index in [0.29, 0.717) is 63.1 Å². The molecule has 0 bridgehead atoms. The lowest BCUT2D eigenvalue weighted by Gasteiger charge is -2.30. The second-order valence-electron chi connectivity index (χ2n) is 10.6. The van der Waals surface area contributed by atoms with Gasteiger partial charge in [-0.3, -0.25) is 4.79 Å². The summed E-state index contributed by atoms with van der Waals surface area (Å²) in [5.41, 5.74) is 5.01. The molecule has 44 heavy (non-hydrogen) atoms. The molecule has 13 heteroatoms. The molecule has 226 valence electrons. The Labute approximate surface area is 253 Å². The molecule has 5 aromatic rings. The first-order valence-electron chi connectivity index (χ1n) is 14.4. The number of imidazole rings is 1. The monoisotopic (exact) mass is 595 g/mol. The lowest BCUT2D eigenvalue weighted by molar-refractivity contribution is -0.392. The van der Waals surface area contributed by atoms with Crippen LogP contribution in [0.1, 0.15) is 22.6 Å². The van der Waals surface area contributed by atoms with Crippen LogP contribution in [0.3, 0.4) is 0 Å². The number of anilines is 3. The second kappa shape index (κ2) is 12.5. The van der Waals surface area contributed by atoms with Gasteiger partial charge < -0.3 is 35.0 Å². The summed E-state index contributed by atoms with van der Waals surface area (Å²) in [5, 5.41) is 18.7. The number of nitro groups is 1. The van der Waals surface area contributed by atoms with Gasteiger partial charge in [0, 0.05) is 74.6 Å². The number of fused-ring (bicyclic) bond motifs is 1. The van der Waals surface area contributed by atoms with Gasteiger partial charge in [-0.15, -0.1) is 0 Å². The zero-order valence-corrected chi connectivity index (χ0v) is 24.6. The molecule has 0 radical (unpaired) electrons. The van der Waals surface area contributed by atoms with E-state index in [-0.39, 0.29) is 11.7 Å². The number of morpholine rings is 1. The minimum atomic E-state index is -0.451. The number of hydrogen-bond donors (Lipinski definition) is 2. The zero-order chi connectivity index (χ0) is 30.6. The highest BCUT2D eigenvalue weighted by atomic mass is 16.6. The van der Waals surface area contributed by atoms with Gasteiger partial charge in [-0.2, -0.15) is 0 Å². The number of carbonyl (C=O) groups excluding carboxylic acids is 1. The first kappa shape index (κ1) is 28.8. The van der Waals surface area contributed by atoms with Crippen LogP contribution in [0.15, 0.2) is 67.1 Å². The average Bonchev–Trinajstić information content (AvgIpc) is 3.59. The molecule has 3 aromatic heterocycles. The molecule has 2 N–H and O–H groups in total. The smallest absolute Gasteiger partial charge is 0.342 e. The summed E-state index contributed by atoms with van der Waals surface area (Å²) in [6, 6.07) is 15.7. The van der Waals surface area contributed by atoms with Crippen LogP contribution in [0.4, 0.5) is 23.1 Å². The van der Waals surface area contributed by atoms with Crippen molar-refractivity contribution in [2.45, 2.75) is 19.9 Å². The van der Waals surface area contributed by atoms with E-state index in [1.165, 1.54) is 6.20 Å². The lowest BCUT2D eigenvalue weighted by atomic mass is 10.1. The number of amides is 1. The molecule has 13 nitrogen and oxygen atoms in total. The van der Waals surface area contributed by atoms with Gasteiger partial charge in [-0.05, 0) is 35.3 Å². The van der Waals surface area contributed by atoms with Gasteiger partial charge in [0.2, 0.25) is 5.95 Å². The van der Waals surface area contributed by atoms with E-state index in [1.807, 2.05) is 37.4 Å². The maximum absolute atomic E-state index is 13.3. The Hall–Kier alpha value is -5.30. The van der Waals surface area contributed by atoms with Crippen LogP contribution in [0.25, 0.3) is 22.2 Å². The highest BCUT2D eigenvalue weighted by Crippen LogP contribution is 2.31. The topological polar surface area (TPSA) is 145 Å². The fourth-order valence-corrected chi connectivity index (χ4v) is 5.52. The molecule has 0 spiro atoms. The first-order chi connectivity index (χ1) is 21.4. The summed E-state index contributed by atoms with van der Waals surface area (Å²) in [4.78, 5) is 39.6. The number of benzene rings is 2. The number of aryl methyl sites for hydroxylation is 2. The summed E-state index contributed by atoms with van der Waals surface area (Å²) in [6.45, 7) is 4.89. The molecule has 0 saturated carbocycles. The highest BCUT2D eigenvalue weighted by Gasteiger charge is 2.21. The molecule has 1 aliphatic rings. The number of hydrogen-bond acceptors (Lipinski definition) is 9. The van der Waals surface area contributed by atoms with Crippen molar-refractivity contribution in [2.75, 3.05) is 43.1 Å². The number of nitrogens with zero attached hydrogens (tertiary/aromatic N) is 7. The molecule has 2 aromatic carbocycles. The predicted octanol–water partition coefficient (Wildman–Crippen LogP) is 4.45. The van der Waals surface area contributed by atoms with Gasteiger partial charge in [0.15, 0.2) is 5.82 Å². The Morgan fingerprint density at radius 3 is 2.75 bits per heavy atom. The summed E-state index contributed by atoms with van der Waals surface area (Å²) >= 11 is 0. The molecular formula is C31H33N9O4. The number of ether oxygens (including phenoxy) is 1. The Morgan fingerprint density at radius 2 is 1.93 bits per heavy atom. The van der Waals surface area contributed by atoms with Crippen LogP contribution in [0.5, 0.6) is 0 Å². The van der Waals surface area contributed by atoms with Gasteiger partial charge in [0.1, 0.15) is 6.20 Å². The van der Waals surface area contributed by atoms with Crippen molar-refractivity contribution in [1.82, 2.24) is 29.4 Å². The van der Waals surface area contributed by atoms with Crippen molar-refractivity contribution in [3.8, 4) is 11.3 Å². The van der Waals surface area contributed by atoms with E-state index in [4.69, 9.17) is 9.72 Å². The fraction of sp³-hybridized carbons (Fsp3) is 0.290. The summed E-state index contributed by atoms with van der Waals surface area (Å²) in [7, 11) is 2.02. The molecule has 0 aliphatic carbocycles. The quantitative estimate of drug-likeness (QED) is 0.136. The van der Waals surface area contributed by atoms with Crippen molar-refractivity contribution >= 4 is 40.0 Å². The molecule has 4 heterocycles. The third-order valence-corrected chi connectivity index (χ3v) is 7.74. The second-order valence-corrected chi connectivity index (χ2v) is 10.6. The SMILES string of the molecule is Cc1ncc([N+](=O)[O-])n1CCCNC(=O)c1ccc(Nc2nccc(-c3cn(C)c4ccccc34)n2)cc1N1CCOCC1. The Kier molecular flexibility index (Phi) is 8.19. The molecule has 1 aliphatic heterocycles. The highest BCUT2D eigenvalue weighted by molar-refractivity contribution is 6.00. The van der Waals surface area contributed by atoms with Crippen LogP contribution in [-0.2, 0) is 18.3 Å². The zero-order valence-electron chi connectivity index (χ0n) is 24.6. The van der Waals surface area contributed by atoms with E-state index < -0.39 is 4.92 Å². The van der Waals surface area contributed by atoms with Crippen molar-refractivity contribution < 1.29 is 14.5 Å². The van der Waals surface area contributed by atoms with Crippen LogP contribution in [0.2, 0.25) is 0 Å². The predicted molar refractivity (Wildman–Crippen MR) is 167 cm³/mol. The number of para-hydroxylation sites is 1. The molecule has 1 fully saturated rings. The van der Waals surface area contributed by atoms with Gasteiger partial charge in [0.05, 0.1) is 36.7 Å². The van der Waals surface area contributed by atoms with Crippen molar-refractivity contribution in [2.24, 2.45) is 7.05 Å². The third-order valence-electron chi connectivity index (χ3n) is 7.74. The van der Waals surface area contributed by atoms with Crippen molar-refractivity contribution in [3.05, 3.63) is 88.6 Å². The Bertz CT molecular complexity index is 1820. The van der Waals surface area contributed by atoms with Gasteiger partial charge in [0.25, 0.3) is 5.91 Å². The molecule has 0 unspecified atom stereocenters. The number of rotatable bonds is 10. The van der Waals surface area contributed by atoms with E-state index >= 15 is 0 Å². The largest absolute Gasteiger partial charge is 0.378 e. The minimum absolute atomic E-state index is 0.0573. The number of aromatic nitrogens is 5. The first-order valence-corrected chi connectivity index (χ1v) is 14.4. The van der Waals surface area contributed by atoms with E-state index in [2.05, 4.69) is 48.4 Å². The standard InChI is InChI=1S/C31H33N9O4/c1-21-34-19-29(40(42)43)39(21)13-5-11-32-30(41)24-9-8-22(18-28(24)38-14-16-44-17-15-38)35-31-33-12-10-26(36-31)25-20-37(2)27-7-4-3-6-23(25)27/h3-4,6-10,12,18-20H,5,11,13-17H2,1-2H3,(H,32,41)(H,33,35,36). The summed E-state index contributed by atoms with van der Waals surface area (Å²) in [5.74, 6) is 0.735. The number of nitrogens with one attached hydrogen (secondary N) is 2. The maximum Gasteiger partial charge on any atom is 0.342 e. The number of carbonyl (C=O) groups is 1. The summed E-state index contributed by atoms with van der Waals surface area (Å²) in [6.07, 6.45) is 5.57.